The molecule has 0 aliphatic heterocycles. The van der Waals surface area contributed by atoms with Gasteiger partial charge in [0.2, 0.25) is 5.95 Å². The molecule has 1 aromatic carbocycles. The van der Waals surface area contributed by atoms with Crippen molar-refractivity contribution < 1.29 is 9.47 Å². The van der Waals surface area contributed by atoms with E-state index >= 15 is 0 Å². The van der Waals surface area contributed by atoms with Crippen LogP contribution in [-0.4, -0.2) is 28.8 Å². The number of ether oxygens (including phenoxy) is 2. The summed E-state index contributed by atoms with van der Waals surface area (Å²) < 4.78 is 12.4. The molecule has 102 valence electrons. The first kappa shape index (κ1) is 12.3. The maximum absolute atomic E-state index is 5.67. The van der Waals surface area contributed by atoms with Crippen LogP contribution in [0.3, 0.4) is 0 Å². The lowest BCUT2D eigenvalue weighted by atomic mass is 10.1. The van der Waals surface area contributed by atoms with Crippen molar-refractivity contribution in [3.05, 3.63) is 36.5 Å². The average Bonchev–Trinajstić information content (AvgIpc) is 2.86. The predicted molar refractivity (Wildman–Crippen MR) is 75.9 cm³/mol. The van der Waals surface area contributed by atoms with Crippen LogP contribution < -0.4 is 15.2 Å². The number of rotatable bonds is 3. The van der Waals surface area contributed by atoms with Crippen LogP contribution in [0.15, 0.2) is 36.5 Å². The summed E-state index contributed by atoms with van der Waals surface area (Å²) in [4.78, 5) is 4.25. The van der Waals surface area contributed by atoms with E-state index in [0.29, 0.717) is 17.1 Å². The molecular weight excluding hydrogens is 256 g/mol. The molecule has 0 aliphatic carbocycles. The quantitative estimate of drug-likeness (QED) is 0.787. The fourth-order valence-electron chi connectivity index (χ4n) is 2.23. The molecule has 0 amide bonds. The van der Waals surface area contributed by atoms with Crippen LogP contribution in [-0.2, 0) is 0 Å². The number of para-hydroxylation sites is 1. The minimum atomic E-state index is 0.235. The van der Waals surface area contributed by atoms with Crippen LogP contribution in [0, 0.1) is 0 Å². The van der Waals surface area contributed by atoms with Gasteiger partial charge in [-0.25, -0.2) is 4.52 Å². The van der Waals surface area contributed by atoms with E-state index in [-0.39, 0.29) is 5.95 Å². The van der Waals surface area contributed by atoms with E-state index in [0.717, 1.165) is 11.1 Å². The van der Waals surface area contributed by atoms with Crippen molar-refractivity contribution in [2.24, 2.45) is 0 Å². The number of nitrogens with two attached hydrogens (primary N) is 1. The molecule has 2 heterocycles. The summed E-state index contributed by atoms with van der Waals surface area (Å²) >= 11 is 0. The molecule has 0 aliphatic rings. The topological polar surface area (TPSA) is 74.7 Å². The van der Waals surface area contributed by atoms with Gasteiger partial charge in [-0.15, -0.1) is 5.10 Å². The Morgan fingerprint density at radius 2 is 1.85 bits per heavy atom. The van der Waals surface area contributed by atoms with Crippen LogP contribution in [0.25, 0.3) is 16.8 Å². The van der Waals surface area contributed by atoms with E-state index in [1.165, 1.54) is 0 Å². The van der Waals surface area contributed by atoms with Crippen molar-refractivity contribution in [2.45, 2.75) is 0 Å². The number of anilines is 1. The Hall–Kier alpha value is -2.76. The van der Waals surface area contributed by atoms with Crippen LogP contribution in [0.2, 0.25) is 0 Å². The highest BCUT2D eigenvalue weighted by molar-refractivity contribution is 5.83. The van der Waals surface area contributed by atoms with E-state index in [1.54, 1.807) is 24.9 Å². The summed E-state index contributed by atoms with van der Waals surface area (Å²) in [5, 5.41) is 4.11. The Morgan fingerprint density at radius 3 is 2.60 bits per heavy atom. The van der Waals surface area contributed by atoms with Gasteiger partial charge in [-0.2, -0.15) is 4.98 Å². The van der Waals surface area contributed by atoms with Crippen LogP contribution in [0.4, 0.5) is 5.95 Å². The Labute approximate surface area is 115 Å². The highest BCUT2D eigenvalue weighted by Crippen LogP contribution is 2.38. The molecule has 0 atom stereocenters. The maximum Gasteiger partial charge on any atom is 0.240 e. The maximum atomic E-state index is 5.67. The van der Waals surface area contributed by atoms with E-state index in [1.807, 2.05) is 30.3 Å². The van der Waals surface area contributed by atoms with Crippen molar-refractivity contribution in [3.63, 3.8) is 0 Å². The lowest BCUT2D eigenvalue weighted by molar-refractivity contribution is 0.356. The summed E-state index contributed by atoms with van der Waals surface area (Å²) in [7, 11) is 3.22. The zero-order chi connectivity index (χ0) is 14.1. The van der Waals surface area contributed by atoms with Gasteiger partial charge in [-0.05, 0) is 18.2 Å². The molecule has 0 radical (unpaired) electrons. The summed E-state index contributed by atoms with van der Waals surface area (Å²) in [6, 6.07) is 9.53. The molecule has 0 unspecified atom stereocenters. The first-order valence-electron chi connectivity index (χ1n) is 6.07. The fourth-order valence-corrected chi connectivity index (χ4v) is 2.23. The molecule has 2 aromatic heterocycles. The third-order valence-electron chi connectivity index (χ3n) is 3.07. The highest BCUT2D eigenvalue weighted by Gasteiger charge is 2.15. The first-order valence-corrected chi connectivity index (χ1v) is 6.07. The van der Waals surface area contributed by atoms with Crippen molar-refractivity contribution in [1.82, 2.24) is 14.6 Å². The molecule has 0 bridgehead atoms. The van der Waals surface area contributed by atoms with Gasteiger partial charge in [-0.3, -0.25) is 0 Å². The van der Waals surface area contributed by atoms with Crippen molar-refractivity contribution >= 4 is 11.6 Å². The van der Waals surface area contributed by atoms with Gasteiger partial charge in [0.05, 0.1) is 14.2 Å². The van der Waals surface area contributed by atoms with Gasteiger partial charge in [0.15, 0.2) is 17.1 Å². The number of fused-ring (bicyclic) bond motifs is 1. The second kappa shape index (κ2) is 4.73. The van der Waals surface area contributed by atoms with Crippen LogP contribution >= 0.6 is 0 Å². The third kappa shape index (κ3) is 1.82. The van der Waals surface area contributed by atoms with Gasteiger partial charge in [-0.1, -0.05) is 12.1 Å². The predicted octanol–water partition coefficient (Wildman–Crippen LogP) is 2.00. The van der Waals surface area contributed by atoms with Crippen molar-refractivity contribution in [2.75, 3.05) is 20.0 Å². The van der Waals surface area contributed by atoms with Crippen molar-refractivity contribution in [3.8, 4) is 22.6 Å². The molecule has 0 saturated carbocycles. The van der Waals surface area contributed by atoms with Crippen LogP contribution in [0.5, 0.6) is 11.5 Å². The SMILES string of the molecule is COc1cccc(-c2cccn3nc(N)nc23)c1OC. The number of hydrogen-bond donors (Lipinski definition) is 1. The molecule has 0 spiro atoms. The van der Waals surface area contributed by atoms with E-state index < -0.39 is 0 Å². The Kier molecular flexibility index (Phi) is 2.90. The third-order valence-corrected chi connectivity index (χ3v) is 3.07. The smallest absolute Gasteiger partial charge is 0.240 e. The lowest BCUT2D eigenvalue weighted by Crippen LogP contribution is -1.95. The molecule has 2 N–H and O–H groups in total. The van der Waals surface area contributed by atoms with Gasteiger partial charge in [0.25, 0.3) is 0 Å². The number of hydrogen-bond acceptors (Lipinski definition) is 5. The Bertz CT molecular complexity index is 767. The van der Waals surface area contributed by atoms with E-state index in [2.05, 4.69) is 10.1 Å². The average molecular weight is 270 g/mol. The number of pyridine rings is 1. The molecule has 20 heavy (non-hydrogen) atoms. The monoisotopic (exact) mass is 270 g/mol. The largest absolute Gasteiger partial charge is 0.493 e. The van der Waals surface area contributed by atoms with Crippen molar-refractivity contribution in [1.29, 1.82) is 0 Å². The minimum absolute atomic E-state index is 0.235. The Balaban J connectivity index is 2.30. The second-order valence-electron chi connectivity index (χ2n) is 4.20. The molecule has 3 rings (SSSR count). The minimum Gasteiger partial charge on any atom is -0.493 e. The van der Waals surface area contributed by atoms with Gasteiger partial charge < -0.3 is 15.2 Å². The van der Waals surface area contributed by atoms with E-state index in [9.17, 15) is 0 Å². The normalized spacial score (nSPS) is 10.7. The zero-order valence-electron chi connectivity index (χ0n) is 11.2. The van der Waals surface area contributed by atoms with Gasteiger partial charge >= 0.3 is 0 Å². The fraction of sp³-hybridized carbons (Fsp3) is 0.143. The molecule has 6 heteroatoms. The summed E-state index contributed by atoms with van der Waals surface area (Å²) in [6.45, 7) is 0. The molecule has 6 nitrogen and oxygen atoms in total. The molecule has 0 saturated heterocycles. The lowest BCUT2D eigenvalue weighted by Gasteiger charge is -2.12. The molecular formula is C14H14N4O2. The zero-order valence-corrected chi connectivity index (χ0v) is 11.2. The standard InChI is InChI=1S/C14H14N4O2/c1-19-11-7-3-5-9(12(11)20-2)10-6-4-8-18-13(10)16-14(15)17-18/h3-8H,1-2H3,(H2,15,17). The second-order valence-corrected chi connectivity index (χ2v) is 4.20. The Morgan fingerprint density at radius 1 is 1.05 bits per heavy atom. The number of nitrogens with zero attached hydrogens (tertiary/aromatic N) is 3. The van der Waals surface area contributed by atoms with Gasteiger partial charge in [0, 0.05) is 17.3 Å². The summed E-state index contributed by atoms with van der Waals surface area (Å²) in [6.07, 6.45) is 1.80. The van der Waals surface area contributed by atoms with E-state index in [4.69, 9.17) is 15.2 Å². The summed E-state index contributed by atoms with van der Waals surface area (Å²) in [5.41, 5.74) is 8.10. The van der Waals surface area contributed by atoms with Gasteiger partial charge in [0.1, 0.15) is 0 Å². The number of aromatic nitrogens is 3. The summed E-state index contributed by atoms with van der Waals surface area (Å²) in [5.74, 6) is 1.56. The molecule has 3 aromatic rings. The highest BCUT2D eigenvalue weighted by atomic mass is 16.5. The number of benzene rings is 1. The van der Waals surface area contributed by atoms with Crippen LogP contribution in [0.1, 0.15) is 0 Å². The number of methoxy groups -OCH3 is 2. The number of nitrogen functional groups attached to an aromatic ring is 1. The molecule has 0 fully saturated rings. The first-order chi connectivity index (χ1) is 9.74.